The predicted octanol–water partition coefficient (Wildman–Crippen LogP) is 8.68. The first-order chi connectivity index (χ1) is 17.6. The number of benzene rings is 3. The Morgan fingerprint density at radius 2 is 0.889 bits per heavy atom. The van der Waals surface area contributed by atoms with Gasteiger partial charge in [0.2, 0.25) is 0 Å². The van der Waals surface area contributed by atoms with E-state index < -0.39 is 12.0 Å². The van der Waals surface area contributed by atoms with Crippen LogP contribution in [0.15, 0.2) is 150 Å². The molecule has 5 rings (SSSR count). The summed E-state index contributed by atoms with van der Waals surface area (Å²) in [5.74, 6) is 0. The van der Waals surface area contributed by atoms with E-state index in [-0.39, 0.29) is 0 Å². The Morgan fingerprint density at radius 1 is 0.500 bits per heavy atom. The highest BCUT2D eigenvalue weighted by Crippen LogP contribution is 2.60. The number of hydrogen-bond donors (Lipinski definition) is 0. The van der Waals surface area contributed by atoms with Crippen molar-refractivity contribution in [2.75, 3.05) is 0 Å². The van der Waals surface area contributed by atoms with Crippen LogP contribution in [0.2, 0.25) is 0 Å². The highest BCUT2D eigenvalue weighted by atomic mass is 35.5. The zero-order chi connectivity index (χ0) is 25.1. The second kappa shape index (κ2) is 13.8. The molecule has 3 aromatic carbocycles. The van der Waals surface area contributed by atoms with Gasteiger partial charge >= 0.3 is 0 Å². The van der Waals surface area contributed by atoms with Gasteiger partial charge in [-0.2, -0.15) is 0 Å². The second-order valence-electron chi connectivity index (χ2n) is 7.42. The Hall–Kier alpha value is -2.33. The number of rotatable bonds is 7. The summed E-state index contributed by atoms with van der Waals surface area (Å²) in [5, 5.41) is 4.33. The Bertz CT molecular complexity index is 1220. The van der Waals surface area contributed by atoms with Crippen LogP contribution in [0.4, 0.5) is 0 Å². The normalized spacial score (nSPS) is 11.0. The zero-order valence-electron chi connectivity index (χ0n) is 19.2. The zero-order valence-corrected chi connectivity index (χ0v) is 23.2. The summed E-state index contributed by atoms with van der Waals surface area (Å²) >= 11 is 13.8. The molecule has 0 unspecified atom stereocenters. The van der Waals surface area contributed by atoms with E-state index in [0.29, 0.717) is 0 Å². The van der Waals surface area contributed by atoms with E-state index in [1.54, 1.807) is 34.0 Å². The minimum absolute atomic E-state index is 0.928. The van der Waals surface area contributed by atoms with Crippen molar-refractivity contribution in [2.45, 2.75) is 14.1 Å². The smallest absolute Gasteiger partial charge is 0.169 e. The molecule has 0 amide bonds. The molecule has 2 aromatic heterocycles. The molecule has 0 fully saturated rings. The van der Waals surface area contributed by atoms with E-state index in [4.69, 9.17) is 23.2 Å². The van der Waals surface area contributed by atoms with Crippen LogP contribution in [0, 0.1) is 0 Å². The Balaban J connectivity index is 0.000000187. The van der Waals surface area contributed by atoms with Crippen LogP contribution < -0.4 is 10.6 Å². The first-order valence-electron chi connectivity index (χ1n) is 11.1. The van der Waals surface area contributed by atoms with E-state index in [1.165, 1.54) is 0 Å². The van der Waals surface area contributed by atoms with Gasteiger partial charge < -0.3 is 0 Å². The third-order valence-electron chi connectivity index (χ3n) is 4.92. The van der Waals surface area contributed by atoms with Gasteiger partial charge in [-0.25, -0.2) is 9.97 Å². The van der Waals surface area contributed by atoms with Gasteiger partial charge in [-0.1, -0.05) is 126 Å². The molecule has 36 heavy (non-hydrogen) atoms. The molecule has 180 valence electrons. The number of halogens is 2. The highest BCUT2D eigenvalue weighted by molar-refractivity contribution is 8.76. The fourth-order valence-electron chi connectivity index (χ4n) is 3.27. The van der Waals surface area contributed by atoms with Crippen LogP contribution in [0.25, 0.3) is 0 Å². The topological polar surface area (TPSA) is 25.8 Å². The molecule has 0 saturated heterocycles. The number of alkyl halides is 2. The lowest BCUT2D eigenvalue weighted by Gasteiger charge is -2.31. The van der Waals surface area contributed by atoms with Crippen molar-refractivity contribution in [3.8, 4) is 0 Å². The van der Waals surface area contributed by atoms with Crippen LogP contribution in [0.3, 0.4) is 0 Å². The Labute approximate surface area is 231 Å². The van der Waals surface area contributed by atoms with Crippen molar-refractivity contribution in [3.63, 3.8) is 0 Å². The molecular formula is C29H23Cl2N2PS2. The largest absolute Gasteiger partial charge is 0.249 e. The maximum absolute atomic E-state index is 6.89. The number of aromatic nitrogens is 2. The molecule has 0 N–H and O–H groups in total. The third kappa shape index (κ3) is 7.59. The number of pyridine rings is 2. The number of nitrogens with zero attached hydrogens (tertiary/aromatic N) is 2. The predicted molar refractivity (Wildman–Crippen MR) is 159 cm³/mol. The minimum Gasteiger partial charge on any atom is -0.249 e. The van der Waals surface area contributed by atoms with Crippen LogP contribution in [0.1, 0.15) is 5.56 Å². The second-order valence-corrected chi connectivity index (χ2v) is 13.8. The molecule has 0 aliphatic rings. The van der Waals surface area contributed by atoms with Crippen molar-refractivity contribution >= 4 is 63.3 Å². The maximum atomic E-state index is 6.89. The van der Waals surface area contributed by atoms with Crippen LogP contribution in [0.5, 0.6) is 0 Å². The molecule has 0 bridgehead atoms. The van der Waals surface area contributed by atoms with Crippen molar-refractivity contribution in [1.29, 1.82) is 0 Å². The third-order valence-corrected chi connectivity index (χ3v) is 11.0. The van der Waals surface area contributed by atoms with Gasteiger partial charge in [0.1, 0.15) is 10.1 Å². The van der Waals surface area contributed by atoms with Gasteiger partial charge in [0.05, 0.1) is 0 Å². The SMILES string of the molecule is ClC(Cl)(c1ccccc1)P(c1ccccc1)c1ccccc1.c1ccc(SSc2ccccn2)nc1. The summed E-state index contributed by atoms with van der Waals surface area (Å²) in [6.07, 6.45) is 3.59. The molecular weight excluding hydrogens is 542 g/mol. The Kier molecular flexibility index (Phi) is 10.3. The Morgan fingerprint density at radius 3 is 1.28 bits per heavy atom. The van der Waals surface area contributed by atoms with Gasteiger partial charge in [0, 0.05) is 12.4 Å². The van der Waals surface area contributed by atoms with Gasteiger partial charge in [-0.15, -0.1) is 0 Å². The minimum atomic E-state index is -0.973. The van der Waals surface area contributed by atoms with Crippen LogP contribution in [-0.4, -0.2) is 9.97 Å². The van der Waals surface area contributed by atoms with Crippen molar-refractivity contribution in [1.82, 2.24) is 9.97 Å². The molecule has 2 heterocycles. The monoisotopic (exact) mass is 564 g/mol. The lowest BCUT2D eigenvalue weighted by molar-refractivity contribution is 1.13. The molecule has 0 saturated carbocycles. The van der Waals surface area contributed by atoms with Gasteiger partial charge in [-0.05, 0) is 69.9 Å². The maximum Gasteiger partial charge on any atom is 0.169 e. The molecule has 7 heteroatoms. The molecule has 5 aromatic rings. The lowest BCUT2D eigenvalue weighted by Crippen LogP contribution is -2.23. The van der Waals surface area contributed by atoms with E-state index in [2.05, 4.69) is 34.2 Å². The summed E-state index contributed by atoms with van der Waals surface area (Å²) in [5.41, 5.74) is 0.928. The van der Waals surface area contributed by atoms with Gasteiger partial charge in [0.25, 0.3) is 0 Å². The lowest BCUT2D eigenvalue weighted by atomic mass is 10.2. The van der Waals surface area contributed by atoms with E-state index >= 15 is 0 Å². The van der Waals surface area contributed by atoms with Gasteiger partial charge in [0.15, 0.2) is 4.07 Å². The standard InChI is InChI=1S/C19H15Cl2P.C10H8N2S2/c20-19(21,16-10-4-1-5-11-16)22(17-12-6-2-7-13-17)18-14-8-3-9-15-18;1-3-7-11-9(5-1)13-14-10-6-2-4-8-12-10/h1-15H;1-8H. The van der Waals surface area contributed by atoms with E-state index in [0.717, 1.165) is 26.2 Å². The van der Waals surface area contributed by atoms with E-state index in [1.807, 2.05) is 103 Å². The fourth-order valence-corrected chi connectivity index (χ4v) is 8.74. The summed E-state index contributed by atoms with van der Waals surface area (Å²) in [6, 6.07) is 42.2. The fraction of sp³-hybridized carbons (Fsp3) is 0.0345. The van der Waals surface area contributed by atoms with Gasteiger partial charge in [-0.3, -0.25) is 0 Å². The van der Waals surface area contributed by atoms with E-state index in [9.17, 15) is 0 Å². The van der Waals surface area contributed by atoms with Crippen molar-refractivity contribution in [2.24, 2.45) is 0 Å². The average molecular weight is 566 g/mol. The first kappa shape index (κ1) is 26.7. The molecule has 0 aliphatic carbocycles. The molecule has 0 spiro atoms. The quantitative estimate of drug-likeness (QED) is 0.112. The summed E-state index contributed by atoms with van der Waals surface area (Å²) in [7, 11) is 2.29. The molecule has 0 aliphatic heterocycles. The first-order valence-corrected chi connectivity index (χ1v) is 15.4. The number of hydrogen-bond acceptors (Lipinski definition) is 4. The molecule has 2 nitrogen and oxygen atoms in total. The molecule has 0 atom stereocenters. The van der Waals surface area contributed by atoms with Crippen molar-refractivity contribution in [3.05, 3.63) is 145 Å². The highest BCUT2D eigenvalue weighted by Gasteiger charge is 2.38. The molecule has 0 radical (unpaired) electrons. The summed E-state index contributed by atoms with van der Waals surface area (Å²) < 4.78 is -0.973. The average Bonchev–Trinajstić information content (AvgIpc) is 2.95. The van der Waals surface area contributed by atoms with Crippen LogP contribution in [-0.2, 0) is 4.07 Å². The van der Waals surface area contributed by atoms with Crippen LogP contribution >= 0.6 is 52.7 Å². The van der Waals surface area contributed by atoms with Crippen molar-refractivity contribution < 1.29 is 0 Å². The summed E-state index contributed by atoms with van der Waals surface area (Å²) in [4.78, 5) is 8.42. The summed E-state index contributed by atoms with van der Waals surface area (Å²) in [6.45, 7) is 0.